The standard InChI is InChI=1S/C20H26FN3O3S/c1-14-19(15(2)24(22-14)18-9-10-28(26,27)13-18)12-23(3)20(25)8-7-16-5-4-6-17(21)11-16/h4-6,11,18H,7-10,12-13H2,1-3H3. The lowest BCUT2D eigenvalue weighted by Gasteiger charge is -2.18. The SMILES string of the molecule is Cc1nn(C2CCS(=O)(=O)C2)c(C)c1CN(C)C(=O)CCc1cccc(F)c1. The number of hydrogen-bond donors (Lipinski definition) is 0. The first-order valence-corrected chi connectivity index (χ1v) is 11.2. The predicted molar refractivity (Wildman–Crippen MR) is 105 cm³/mol. The van der Waals surface area contributed by atoms with Gasteiger partial charge in [-0.25, -0.2) is 12.8 Å². The second-order valence-corrected chi connectivity index (χ2v) is 9.76. The highest BCUT2D eigenvalue weighted by Crippen LogP contribution is 2.27. The number of carbonyl (C=O) groups excluding carboxylic acids is 1. The second kappa shape index (κ2) is 8.03. The zero-order chi connectivity index (χ0) is 20.5. The van der Waals surface area contributed by atoms with Gasteiger partial charge in [0.15, 0.2) is 9.84 Å². The maximum atomic E-state index is 13.3. The van der Waals surface area contributed by atoms with Crippen molar-refractivity contribution in [1.29, 1.82) is 0 Å². The van der Waals surface area contributed by atoms with Crippen LogP contribution in [-0.2, 0) is 27.6 Å². The van der Waals surface area contributed by atoms with E-state index in [-0.39, 0.29) is 29.3 Å². The van der Waals surface area contributed by atoms with Gasteiger partial charge in [0.2, 0.25) is 5.91 Å². The number of benzene rings is 1. The Bertz CT molecular complexity index is 985. The van der Waals surface area contributed by atoms with Gasteiger partial charge in [-0.1, -0.05) is 12.1 Å². The molecular weight excluding hydrogens is 381 g/mol. The number of halogens is 1. The van der Waals surface area contributed by atoms with Crippen molar-refractivity contribution in [3.63, 3.8) is 0 Å². The molecule has 1 aliphatic rings. The molecule has 0 radical (unpaired) electrons. The Kier molecular flexibility index (Phi) is 5.88. The summed E-state index contributed by atoms with van der Waals surface area (Å²) in [5.74, 6) is -0.00850. The Morgan fingerprint density at radius 2 is 2.11 bits per heavy atom. The second-order valence-electron chi connectivity index (χ2n) is 7.53. The molecule has 1 atom stereocenters. The van der Waals surface area contributed by atoms with Gasteiger partial charge in [-0.05, 0) is 44.4 Å². The Balaban J connectivity index is 1.65. The van der Waals surface area contributed by atoms with Gasteiger partial charge in [0.1, 0.15) is 5.82 Å². The molecule has 1 unspecified atom stereocenters. The molecule has 28 heavy (non-hydrogen) atoms. The lowest BCUT2D eigenvalue weighted by molar-refractivity contribution is -0.130. The minimum Gasteiger partial charge on any atom is -0.341 e. The molecule has 1 aliphatic heterocycles. The number of aromatic nitrogens is 2. The fourth-order valence-corrected chi connectivity index (χ4v) is 5.40. The van der Waals surface area contributed by atoms with Gasteiger partial charge in [0, 0.05) is 31.3 Å². The molecule has 6 nitrogen and oxygen atoms in total. The number of carbonyl (C=O) groups is 1. The molecule has 152 valence electrons. The molecule has 1 fully saturated rings. The van der Waals surface area contributed by atoms with Crippen molar-refractivity contribution in [3.8, 4) is 0 Å². The summed E-state index contributed by atoms with van der Waals surface area (Å²) in [5, 5.41) is 4.55. The lowest BCUT2D eigenvalue weighted by atomic mass is 10.1. The summed E-state index contributed by atoms with van der Waals surface area (Å²) >= 11 is 0. The van der Waals surface area contributed by atoms with Crippen LogP contribution >= 0.6 is 0 Å². The van der Waals surface area contributed by atoms with Crippen molar-refractivity contribution in [2.75, 3.05) is 18.6 Å². The van der Waals surface area contributed by atoms with Crippen LogP contribution in [0.25, 0.3) is 0 Å². The molecule has 0 bridgehead atoms. The Labute approximate surface area is 165 Å². The Hall–Kier alpha value is -2.22. The molecule has 0 aliphatic carbocycles. The summed E-state index contributed by atoms with van der Waals surface area (Å²) in [5.41, 5.74) is 3.46. The van der Waals surface area contributed by atoms with E-state index < -0.39 is 9.84 Å². The van der Waals surface area contributed by atoms with Crippen molar-refractivity contribution < 1.29 is 17.6 Å². The van der Waals surface area contributed by atoms with E-state index in [0.29, 0.717) is 25.8 Å². The molecular formula is C20H26FN3O3S. The summed E-state index contributed by atoms with van der Waals surface area (Å²) in [6.07, 6.45) is 1.36. The average molecular weight is 408 g/mol. The zero-order valence-corrected chi connectivity index (χ0v) is 17.3. The summed E-state index contributed by atoms with van der Waals surface area (Å²) in [6, 6.07) is 6.15. The highest BCUT2D eigenvalue weighted by molar-refractivity contribution is 7.91. The van der Waals surface area contributed by atoms with Crippen LogP contribution in [0.15, 0.2) is 24.3 Å². The van der Waals surface area contributed by atoms with Gasteiger partial charge in [0.05, 0.1) is 23.2 Å². The first-order chi connectivity index (χ1) is 13.2. The van der Waals surface area contributed by atoms with Gasteiger partial charge in [0.25, 0.3) is 0 Å². The molecule has 2 aromatic rings. The van der Waals surface area contributed by atoms with Crippen LogP contribution in [0.5, 0.6) is 0 Å². The van der Waals surface area contributed by atoms with Crippen LogP contribution in [0, 0.1) is 19.7 Å². The first-order valence-electron chi connectivity index (χ1n) is 9.39. The van der Waals surface area contributed by atoms with Crippen LogP contribution in [-0.4, -0.2) is 47.6 Å². The fraction of sp³-hybridized carbons (Fsp3) is 0.500. The quantitative estimate of drug-likeness (QED) is 0.738. The highest BCUT2D eigenvalue weighted by atomic mass is 32.2. The maximum absolute atomic E-state index is 13.3. The van der Waals surface area contributed by atoms with Crippen LogP contribution in [0.4, 0.5) is 4.39 Å². The minimum absolute atomic E-state index is 0.0285. The van der Waals surface area contributed by atoms with Crippen LogP contribution in [0.3, 0.4) is 0 Å². The lowest BCUT2D eigenvalue weighted by Crippen LogP contribution is -2.27. The summed E-state index contributed by atoms with van der Waals surface area (Å²) in [6.45, 7) is 4.22. The first kappa shape index (κ1) is 20.5. The molecule has 8 heteroatoms. The molecule has 1 aromatic heterocycles. The Morgan fingerprint density at radius 1 is 1.36 bits per heavy atom. The van der Waals surface area contributed by atoms with E-state index in [1.54, 1.807) is 22.7 Å². The third-order valence-corrected chi connectivity index (χ3v) is 7.12. The zero-order valence-electron chi connectivity index (χ0n) is 16.5. The highest BCUT2D eigenvalue weighted by Gasteiger charge is 2.31. The van der Waals surface area contributed by atoms with Gasteiger partial charge in [-0.15, -0.1) is 0 Å². The third kappa shape index (κ3) is 4.60. The largest absolute Gasteiger partial charge is 0.341 e. The summed E-state index contributed by atoms with van der Waals surface area (Å²) in [7, 11) is -1.25. The van der Waals surface area contributed by atoms with Crippen molar-refractivity contribution in [1.82, 2.24) is 14.7 Å². The van der Waals surface area contributed by atoms with Crippen LogP contribution in [0.2, 0.25) is 0 Å². The van der Waals surface area contributed by atoms with Crippen LogP contribution < -0.4 is 0 Å². The molecule has 0 N–H and O–H groups in total. The molecule has 3 rings (SSSR count). The van der Waals surface area contributed by atoms with E-state index in [0.717, 1.165) is 22.5 Å². The molecule has 1 aromatic carbocycles. The third-order valence-electron chi connectivity index (χ3n) is 5.37. The number of nitrogens with zero attached hydrogens (tertiary/aromatic N) is 3. The van der Waals surface area contributed by atoms with E-state index in [4.69, 9.17) is 0 Å². The van der Waals surface area contributed by atoms with Crippen molar-refractivity contribution in [3.05, 3.63) is 52.6 Å². The summed E-state index contributed by atoms with van der Waals surface area (Å²) in [4.78, 5) is 14.1. The molecule has 2 heterocycles. The van der Waals surface area contributed by atoms with Gasteiger partial charge in [-0.2, -0.15) is 5.10 Å². The van der Waals surface area contributed by atoms with Gasteiger partial charge in [-0.3, -0.25) is 9.48 Å². The normalized spacial score (nSPS) is 18.4. The Morgan fingerprint density at radius 3 is 2.75 bits per heavy atom. The van der Waals surface area contributed by atoms with Gasteiger partial charge >= 0.3 is 0 Å². The number of rotatable bonds is 6. The number of sulfone groups is 1. The van der Waals surface area contributed by atoms with Crippen molar-refractivity contribution in [2.24, 2.45) is 0 Å². The topological polar surface area (TPSA) is 72.3 Å². The van der Waals surface area contributed by atoms with Crippen molar-refractivity contribution in [2.45, 2.75) is 45.7 Å². The number of amides is 1. The number of hydrogen-bond acceptors (Lipinski definition) is 4. The summed E-state index contributed by atoms with van der Waals surface area (Å²) < 4.78 is 38.6. The average Bonchev–Trinajstić information content (AvgIpc) is 3.13. The van der Waals surface area contributed by atoms with Crippen molar-refractivity contribution >= 4 is 15.7 Å². The number of aryl methyl sites for hydroxylation is 2. The van der Waals surface area contributed by atoms with Gasteiger partial charge < -0.3 is 4.90 Å². The molecule has 1 saturated heterocycles. The smallest absolute Gasteiger partial charge is 0.222 e. The molecule has 0 spiro atoms. The maximum Gasteiger partial charge on any atom is 0.222 e. The molecule has 1 amide bonds. The van der Waals surface area contributed by atoms with E-state index in [9.17, 15) is 17.6 Å². The van der Waals surface area contributed by atoms with Crippen LogP contribution in [0.1, 0.15) is 41.4 Å². The molecule has 0 saturated carbocycles. The van der Waals surface area contributed by atoms with E-state index >= 15 is 0 Å². The van der Waals surface area contributed by atoms with E-state index in [2.05, 4.69) is 5.10 Å². The van der Waals surface area contributed by atoms with E-state index in [1.807, 2.05) is 19.9 Å². The minimum atomic E-state index is -2.99. The van der Waals surface area contributed by atoms with E-state index in [1.165, 1.54) is 12.1 Å². The fourth-order valence-electron chi connectivity index (χ4n) is 3.71. The monoisotopic (exact) mass is 407 g/mol. The predicted octanol–water partition coefficient (Wildman–Crippen LogP) is 2.59.